The molecule has 0 aromatic heterocycles. The van der Waals surface area contributed by atoms with Gasteiger partial charge in [0.25, 0.3) is 5.91 Å². The van der Waals surface area contributed by atoms with Gasteiger partial charge in [-0.05, 0) is 23.1 Å². The zero-order valence-corrected chi connectivity index (χ0v) is 14.8. The van der Waals surface area contributed by atoms with E-state index >= 15 is 0 Å². The molecule has 2 rings (SSSR count). The Balaban J connectivity index is 1.91. The van der Waals surface area contributed by atoms with Crippen molar-refractivity contribution in [2.75, 3.05) is 32.7 Å². The van der Waals surface area contributed by atoms with Gasteiger partial charge in [0, 0.05) is 38.3 Å². The second-order valence-corrected chi connectivity index (χ2v) is 7.51. The van der Waals surface area contributed by atoms with Gasteiger partial charge < -0.3 is 10.0 Å². The number of benzene rings is 1. The Morgan fingerprint density at radius 1 is 1.29 bits per heavy atom. The van der Waals surface area contributed by atoms with E-state index < -0.39 is 0 Å². The molecule has 5 nitrogen and oxygen atoms in total. The quantitative estimate of drug-likeness (QED) is 0.916. The van der Waals surface area contributed by atoms with Crippen molar-refractivity contribution in [1.82, 2.24) is 9.80 Å². The van der Waals surface area contributed by atoms with Crippen molar-refractivity contribution < 1.29 is 9.90 Å². The first-order valence-corrected chi connectivity index (χ1v) is 8.47. The molecule has 0 saturated carbocycles. The number of β-amino-alcohol motifs (C(OH)–C–C–N with tert-alkyl or cyclic N) is 1. The van der Waals surface area contributed by atoms with Gasteiger partial charge >= 0.3 is 0 Å². The summed E-state index contributed by atoms with van der Waals surface area (Å²) < 4.78 is 0. The summed E-state index contributed by atoms with van der Waals surface area (Å²) in [6, 6.07) is 9.42. The number of rotatable bonds is 4. The van der Waals surface area contributed by atoms with E-state index in [-0.39, 0.29) is 17.4 Å². The molecular formula is C19H27N3O2. The van der Waals surface area contributed by atoms with Crippen LogP contribution < -0.4 is 0 Å². The van der Waals surface area contributed by atoms with E-state index in [1.54, 1.807) is 12.1 Å². The summed E-state index contributed by atoms with van der Waals surface area (Å²) in [6.07, 6.45) is -0.0537. The number of carbonyl (C=O) groups excluding carboxylic acids is 1. The molecular weight excluding hydrogens is 302 g/mol. The van der Waals surface area contributed by atoms with Crippen LogP contribution in [0.25, 0.3) is 0 Å². The van der Waals surface area contributed by atoms with E-state index in [0.717, 1.165) is 18.7 Å². The number of nitrogens with zero attached hydrogens (tertiary/aromatic N) is 3. The molecule has 1 N–H and O–H groups in total. The average molecular weight is 329 g/mol. The van der Waals surface area contributed by atoms with Gasteiger partial charge in [0.2, 0.25) is 0 Å². The van der Waals surface area contributed by atoms with Crippen molar-refractivity contribution in [1.29, 1.82) is 5.26 Å². The second kappa shape index (κ2) is 7.78. The predicted molar refractivity (Wildman–Crippen MR) is 93.6 cm³/mol. The van der Waals surface area contributed by atoms with E-state index in [1.165, 1.54) is 0 Å². The van der Waals surface area contributed by atoms with E-state index in [4.69, 9.17) is 5.26 Å². The minimum absolute atomic E-state index is 0.0193. The van der Waals surface area contributed by atoms with Gasteiger partial charge in [-0.1, -0.05) is 32.9 Å². The highest BCUT2D eigenvalue weighted by Crippen LogP contribution is 2.20. The highest BCUT2D eigenvalue weighted by Gasteiger charge is 2.27. The molecule has 0 unspecified atom stereocenters. The lowest BCUT2D eigenvalue weighted by molar-refractivity contribution is 0.0137. The molecule has 0 bridgehead atoms. The molecule has 0 radical (unpaired) electrons. The molecule has 1 fully saturated rings. The number of amides is 1. The molecule has 24 heavy (non-hydrogen) atoms. The summed E-state index contributed by atoms with van der Waals surface area (Å²) in [7, 11) is 0. The van der Waals surface area contributed by atoms with Gasteiger partial charge in [-0.15, -0.1) is 0 Å². The van der Waals surface area contributed by atoms with Crippen LogP contribution in [0.15, 0.2) is 24.3 Å². The first-order valence-electron chi connectivity index (χ1n) is 8.47. The van der Waals surface area contributed by atoms with E-state index in [9.17, 15) is 9.90 Å². The van der Waals surface area contributed by atoms with Crippen LogP contribution in [0.4, 0.5) is 0 Å². The largest absolute Gasteiger partial charge is 0.391 e. The number of nitriles is 1. The zero-order chi connectivity index (χ0) is 17.7. The van der Waals surface area contributed by atoms with Crippen molar-refractivity contribution in [2.45, 2.75) is 33.3 Å². The molecule has 5 heteroatoms. The Kier molecular flexibility index (Phi) is 5.98. The van der Waals surface area contributed by atoms with Crippen molar-refractivity contribution >= 4 is 5.91 Å². The number of hydrogen-bond acceptors (Lipinski definition) is 4. The molecule has 1 atom stereocenters. The molecule has 1 heterocycles. The van der Waals surface area contributed by atoms with Crippen LogP contribution in [0.1, 0.15) is 36.7 Å². The van der Waals surface area contributed by atoms with Gasteiger partial charge in [-0.3, -0.25) is 9.69 Å². The third-order valence-electron chi connectivity index (χ3n) is 4.55. The first-order chi connectivity index (χ1) is 11.3. The van der Waals surface area contributed by atoms with Crippen LogP contribution in [0.3, 0.4) is 0 Å². The number of hydrogen-bond donors (Lipinski definition) is 1. The van der Waals surface area contributed by atoms with Crippen molar-refractivity contribution in [3.05, 3.63) is 35.4 Å². The fourth-order valence-corrected chi connectivity index (χ4v) is 2.74. The normalized spacial score (nSPS) is 17.4. The number of aliphatic hydroxyl groups excluding tert-OH is 1. The standard InChI is InChI=1S/C19H27N3O2/c1-19(2,3)17(23)14-21-9-11-22(12-10-21)18(24)16-6-4-5-15(13-16)7-8-20/h4-6,13,17,23H,7,9-12,14H2,1-3H3/t17-/m0/s1. The molecule has 1 aliphatic heterocycles. The van der Waals surface area contributed by atoms with Crippen LogP contribution in [0.5, 0.6) is 0 Å². The average Bonchev–Trinajstić information content (AvgIpc) is 2.54. The summed E-state index contributed by atoms with van der Waals surface area (Å²) >= 11 is 0. The molecule has 0 spiro atoms. The number of carbonyl (C=O) groups is 1. The lowest BCUT2D eigenvalue weighted by Crippen LogP contribution is -2.51. The highest BCUT2D eigenvalue weighted by molar-refractivity contribution is 5.94. The molecule has 1 aliphatic rings. The smallest absolute Gasteiger partial charge is 0.253 e. The maximum absolute atomic E-state index is 12.6. The van der Waals surface area contributed by atoms with E-state index in [2.05, 4.69) is 11.0 Å². The minimum Gasteiger partial charge on any atom is -0.391 e. The van der Waals surface area contributed by atoms with Crippen molar-refractivity contribution in [2.24, 2.45) is 5.41 Å². The fourth-order valence-electron chi connectivity index (χ4n) is 2.74. The molecule has 1 aromatic carbocycles. The molecule has 1 amide bonds. The Morgan fingerprint density at radius 3 is 2.54 bits per heavy atom. The van der Waals surface area contributed by atoms with Crippen molar-refractivity contribution in [3.8, 4) is 6.07 Å². The van der Waals surface area contributed by atoms with Gasteiger partial charge in [0.1, 0.15) is 0 Å². The highest BCUT2D eigenvalue weighted by atomic mass is 16.3. The molecule has 0 aliphatic carbocycles. The third-order valence-corrected chi connectivity index (χ3v) is 4.55. The second-order valence-electron chi connectivity index (χ2n) is 7.51. The van der Waals surface area contributed by atoms with E-state index in [1.807, 2.05) is 37.8 Å². The fraction of sp³-hybridized carbons (Fsp3) is 0.579. The first kappa shape index (κ1) is 18.4. The Morgan fingerprint density at radius 2 is 1.96 bits per heavy atom. The van der Waals surface area contributed by atoms with Crippen LogP contribution in [0, 0.1) is 16.7 Å². The molecule has 130 valence electrons. The van der Waals surface area contributed by atoms with E-state index in [0.29, 0.717) is 31.6 Å². The molecule has 1 saturated heterocycles. The Labute approximate surface area is 144 Å². The number of aliphatic hydroxyl groups is 1. The SMILES string of the molecule is CC(C)(C)[C@@H](O)CN1CCN(C(=O)c2cccc(CC#N)c2)CC1. The Bertz CT molecular complexity index is 608. The topological polar surface area (TPSA) is 67.6 Å². The lowest BCUT2D eigenvalue weighted by Gasteiger charge is -2.38. The van der Waals surface area contributed by atoms with Crippen LogP contribution in [-0.2, 0) is 6.42 Å². The summed E-state index contributed by atoms with van der Waals surface area (Å²) in [5.74, 6) is 0.0193. The maximum atomic E-state index is 12.6. The lowest BCUT2D eigenvalue weighted by atomic mass is 9.89. The summed E-state index contributed by atoms with van der Waals surface area (Å²) in [5, 5.41) is 19.0. The van der Waals surface area contributed by atoms with Crippen LogP contribution >= 0.6 is 0 Å². The monoisotopic (exact) mass is 329 g/mol. The summed E-state index contributed by atoms with van der Waals surface area (Å²) in [6.45, 7) is 9.62. The van der Waals surface area contributed by atoms with Crippen LogP contribution in [0.2, 0.25) is 0 Å². The molecule has 1 aromatic rings. The van der Waals surface area contributed by atoms with Gasteiger partial charge in [0.05, 0.1) is 18.6 Å². The van der Waals surface area contributed by atoms with Gasteiger partial charge in [-0.2, -0.15) is 5.26 Å². The minimum atomic E-state index is -0.373. The summed E-state index contributed by atoms with van der Waals surface area (Å²) in [4.78, 5) is 16.7. The van der Waals surface area contributed by atoms with Gasteiger partial charge in [0.15, 0.2) is 0 Å². The number of piperazine rings is 1. The maximum Gasteiger partial charge on any atom is 0.253 e. The van der Waals surface area contributed by atoms with Crippen LogP contribution in [-0.4, -0.2) is 59.6 Å². The third kappa shape index (κ3) is 4.80. The predicted octanol–water partition coefficient (Wildman–Crippen LogP) is 1.92. The zero-order valence-electron chi connectivity index (χ0n) is 14.8. The van der Waals surface area contributed by atoms with Gasteiger partial charge in [-0.25, -0.2) is 0 Å². The Hall–Kier alpha value is -1.90. The summed E-state index contributed by atoms with van der Waals surface area (Å²) in [5.41, 5.74) is 1.38. The van der Waals surface area contributed by atoms with Crippen molar-refractivity contribution in [3.63, 3.8) is 0 Å².